The molecule has 0 amide bonds. The van der Waals surface area contributed by atoms with Crippen LogP contribution in [0, 0.1) is 0 Å². The zero-order chi connectivity index (χ0) is 13.1. The van der Waals surface area contributed by atoms with Gasteiger partial charge in [-0.1, -0.05) is 36.7 Å². The topological polar surface area (TPSA) is 29.3 Å². The van der Waals surface area contributed by atoms with E-state index in [1.807, 2.05) is 30.0 Å². The van der Waals surface area contributed by atoms with Gasteiger partial charge in [0.15, 0.2) is 0 Å². The van der Waals surface area contributed by atoms with Gasteiger partial charge in [-0.3, -0.25) is 4.90 Å². The molecule has 0 saturated carbocycles. The molecule has 1 heterocycles. The van der Waals surface area contributed by atoms with Crippen molar-refractivity contribution in [3.05, 3.63) is 34.9 Å². The van der Waals surface area contributed by atoms with Crippen LogP contribution in [0.25, 0.3) is 0 Å². The molecular weight excluding hydrogens is 264 g/mol. The molecule has 2 nitrogen and oxygen atoms in total. The molecular formula is C14H21ClN2S. The Morgan fingerprint density at radius 3 is 2.78 bits per heavy atom. The molecule has 2 rings (SSSR count). The second-order valence-corrected chi connectivity index (χ2v) is 6.96. The Kier molecular flexibility index (Phi) is 4.96. The van der Waals surface area contributed by atoms with Crippen LogP contribution in [0.5, 0.6) is 0 Å². The molecule has 2 N–H and O–H groups in total. The summed E-state index contributed by atoms with van der Waals surface area (Å²) in [7, 11) is 0. The SMILES string of the molecule is CC1CN(C(c2ccccc2Cl)C(C)N)CCS1. The van der Waals surface area contributed by atoms with Crippen molar-refractivity contribution in [2.24, 2.45) is 5.73 Å². The minimum atomic E-state index is 0.0835. The molecule has 0 aromatic heterocycles. The van der Waals surface area contributed by atoms with Gasteiger partial charge in [-0.05, 0) is 18.6 Å². The van der Waals surface area contributed by atoms with E-state index in [1.165, 1.54) is 5.75 Å². The molecule has 1 aromatic carbocycles. The van der Waals surface area contributed by atoms with E-state index < -0.39 is 0 Å². The normalized spacial score (nSPS) is 24.8. The van der Waals surface area contributed by atoms with Crippen molar-refractivity contribution in [1.29, 1.82) is 0 Å². The minimum Gasteiger partial charge on any atom is -0.326 e. The number of thioether (sulfide) groups is 1. The van der Waals surface area contributed by atoms with E-state index in [1.54, 1.807) is 0 Å². The van der Waals surface area contributed by atoms with Crippen LogP contribution in [0.2, 0.25) is 5.02 Å². The molecule has 18 heavy (non-hydrogen) atoms. The predicted molar refractivity (Wildman–Crippen MR) is 81.3 cm³/mol. The van der Waals surface area contributed by atoms with Crippen molar-refractivity contribution in [3.8, 4) is 0 Å². The van der Waals surface area contributed by atoms with Gasteiger partial charge < -0.3 is 5.73 Å². The van der Waals surface area contributed by atoms with Gasteiger partial charge in [0.25, 0.3) is 0 Å². The van der Waals surface area contributed by atoms with Crippen LogP contribution in [-0.4, -0.2) is 35.0 Å². The van der Waals surface area contributed by atoms with Crippen LogP contribution in [0.3, 0.4) is 0 Å². The maximum absolute atomic E-state index is 6.33. The number of benzene rings is 1. The summed E-state index contributed by atoms with van der Waals surface area (Å²) in [5.74, 6) is 1.18. The lowest BCUT2D eigenvalue weighted by atomic mass is 9.98. The highest BCUT2D eigenvalue weighted by atomic mass is 35.5. The summed E-state index contributed by atoms with van der Waals surface area (Å²) in [4.78, 5) is 2.48. The first-order valence-corrected chi connectivity index (χ1v) is 7.88. The Hall–Kier alpha value is -0.220. The summed E-state index contributed by atoms with van der Waals surface area (Å²) in [6.45, 7) is 6.52. The smallest absolute Gasteiger partial charge is 0.0511 e. The minimum absolute atomic E-state index is 0.0835. The molecule has 3 atom stereocenters. The van der Waals surface area contributed by atoms with Crippen LogP contribution in [0.1, 0.15) is 25.5 Å². The number of nitrogens with zero attached hydrogens (tertiary/aromatic N) is 1. The Balaban J connectivity index is 2.26. The highest BCUT2D eigenvalue weighted by molar-refractivity contribution is 7.99. The fourth-order valence-electron chi connectivity index (χ4n) is 2.63. The van der Waals surface area contributed by atoms with Crippen LogP contribution in [0.4, 0.5) is 0 Å². The average Bonchev–Trinajstić information content (AvgIpc) is 2.32. The lowest BCUT2D eigenvalue weighted by molar-refractivity contribution is 0.184. The Morgan fingerprint density at radius 1 is 1.44 bits per heavy atom. The fourth-order valence-corrected chi connectivity index (χ4v) is 3.91. The van der Waals surface area contributed by atoms with Crippen LogP contribution >= 0.6 is 23.4 Å². The van der Waals surface area contributed by atoms with E-state index in [-0.39, 0.29) is 12.1 Å². The van der Waals surface area contributed by atoms with E-state index in [0.717, 1.165) is 23.7 Å². The first-order valence-electron chi connectivity index (χ1n) is 6.45. The van der Waals surface area contributed by atoms with E-state index in [9.17, 15) is 0 Å². The van der Waals surface area contributed by atoms with Crippen molar-refractivity contribution in [2.75, 3.05) is 18.8 Å². The van der Waals surface area contributed by atoms with E-state index in [4.69, 9.17) is 17.3 Å². The molecule has 1 aromatic rings. The first-order chi connectivity index (χ1) is 8.59. The van der Waals surface area contributed by atoms with Gasteiger partial charge in [0.2, 0.25) is 0 Å². The Bertz CT molecular complexity index is 397. The quantitative estimate of drug-likeness (QED) is 0.924. The number of hydrogen-bond acceptors (Lipinski definition) is 3. The summed E-state index contributed by atoms with van der Waals surface area (Å²) in [6, 6.07) is 8.37. The third-order valence-electron chi connectivity index (χ3n) is 3.39. The van der Waals surface area contributed by atoms with Gasteiger partial charge in [0, 0.05) is 35.2 Å². The Morgan fingerprint density at radius 2 is 2.17 bits per heavy atom. The van der Waals surface area contributed by atoms with Crippen LogP contribution in [0.15, 0.2) is 24.3 Å². The molecule has 1 aliphatic rings. The molecule has 4 heteroatoms. The van der Waals surface area contributed by atoms with E-state index >= 15 is 0 Å². The third kappa shape index (κ3) is 3.21. The van der Waals surface area contributed by atoms with Crippen molar-refractivity contribution in [1.82, 2.24) is 4.90 Å². The number of halogens is 1. The third-order valence-corrected chi connectivity index (χ3v) is 4.87. The maximum atomic E-state index is 6.33. The molecule has 1 saturated heterocycles. The van der Waals surface area contributed by atoms with Gasteiger partial charge in [-0.15, -0.1) is 0 Å². The van der Waals surface area contributed by atoms with Gasteiger partial charge in [0.1, 0.15) is 0 Å². The highest BCUT2D eigenvalue weighted by Gasteiger charge is 2.29. The van der Waals surface area contributed by atoms with E-state index in [0.29, 0.717) is 5.25 Å². The molecule has 1 aliphatic heterocycles. The van der Waals surface area contributed by atoms with Crippen molar-refractivity contribution >= 4 is 23.4 Å². The summed E-state index contributed by atoms with van der Waals surface area (Å²) < 4.78 is 0. The average molecular weight is 285 g/mol. The first kappa shape index (κ1) is 14.2. The second kappa shape index (κ2) is 6.29. The molecule has 1 fully saturated rings. The lowest BCUT2D eigenvalue weighted by Gasteiger charge is -2.39. The largest absolute Gasteiger partial charge is 0.326 e. The van der Waals surface area contributed by atoms with Crippen LogP contribution < -0.4 is 5.73 Å². The lowest BCUT2D eigenvalue weighted by Crippen LogP contribution is -2.45. The molecule has 0 bridgehead atoms. The summed E-state index contributed by atoms with van der Waals surface area (Å²) in [6.07, 6.45) is 0. The summed E-state index contributed by atoms with van der Waals surface area (Å²) in [5.41, 5.74) is 7.37. The molecule has 0 radical (unpaired) electrons. The molecule has 0 spiro atoms. The fraction of sp³-hybridized carbons (Fsp3) is 0.571. The zero-order valence-electron chi connectivity index (χ0n) is 11.0. The summed E-state index contributed by atoms with van der Waals surface area (Å²) >= 11 is 8.37. The zero-order valence-corrected chi connectivity index (χ0v) is 12.5. The number of nitrogens with two attached hydrogens (primary N) is 1. The molecule has 100 valence electrons. The van der Waals surface area contributed by atoms with Crippen molar-refractivity contribution in [2.45, 2.75) is 31.2 Å². The molecule has 0 aliphatic carbocycles. The van der Waals surface area contributed by atoms with Crippen LogP contribution in [-0.2, 0) is 0 Å². The Labute approximate surface area is 119 Å². The maximum Gasteiger partial charge on any atom is 0.0511 e. The number of hydrogen-bond donors (Lipinski definition) is 1. The van der Waals surface area contributed by atoms with Gasteiger partial charge in [-0.25, -0.2) is 0 Å². The second-order valence-electron chi connectivity index (χ2n) is 5.00. The van der Waals surface area contributed by atoms with Gasteiger partial charge in [-0.2, -0.15) is 11.8 Å². The van der Waals surface area contributed by atoms with Gasteiger partial charge >= 0.3 is 0 Å². The standard InChI is InChI=1S/C14H21ClN2S/c1-10-9-17(7-8-18-10)14(11(2)16)12-5-3-4-6-13(12)15/h3-6,10-11,14H,7-9,16H2,1-2H3. The highest BCUT2D eigenvalue weighted by Crippen LogP contribution is 2.32. The number of rotatable bonds is 3. The van der Waals surface area contributed by atoms with Crippen molar-refractivity contribution < 1.29 is 0 Å². The van der Waals surface area contributed by atoms with Crippen molar-refractivity contribution in [3.63, 3.8) is 0 Å². The summed E-state index contributed by atoms with van der Waals surface area (Å²) in [5, 5.41) is 1.49. The molecule has 3 unspecified atom stereocenters. The van der Waals surface area contributed by atoms with E-state index in [2.05, 4.69) is 24.8 Å². The van der Waals surface area contributed by atoms with Gasteiger partial charge in [0.05, 0.1) is 6.04 Å². The predicted octanol–water partition coefficient (Wildman–Crippen LogP) is 3.17. The monoisotopic (exact) mass is 284 g/mol.